The summed E-state index contributed by atoms with van der Waals surface area (Å²) in [4.78, 5) is 15.9. The molecule has 1 amide bonds. The van der Waals surface area contributed by atoms with Gasteiger partial charge in [0.05, 0.1) is 11.9 Å². The van der Waals surface area contributed by atoms with E-state index < -0.39 is 0 Å². The van der Waals surface area contributed by atoms with Crippen molar-refractivity contribution in [3.05, 3.63) is 47.7 Å². The minimum Gasteiger partial charge on any atom is -0.354 e. The van der Waals surface area contributed by atoms with E-state index >= 15 is 0 Å². The molecule has 0 fully saturated rings. The third kappa shape index (κ3) is 3.81. The molecule has 110 valence electrons. The van der Waals surface area contributed by atoms with Gasteiger partial charge in [-0.25, -0.2) is 4.98 Å². The highest BCUT2D eigenvalue weighted by Crippen LogP contribution is 2.24. The fourth-order valence-corrected chi connectivity index (χ4v) is 1.97. The Morgan fingerprint density at radius 1 is 1.10 bits per heavy atom. The Hall–Kier alpha value is -2.36. The predicted molar refractivity (Wildman–Crippen MR) is 86.9 cm³/mol. The molecular formula is C17H21N3O. The zero-order valence-electron chi connectivity index (χ0n) is 12.9. The lowest BCUT2D eigenvalue weighted by molar-refractivity contribution is -0.118. The smallest absolute Gasteiger partial charge is 0.228 e. The van der Waals surface area contributed by atoms with E-state index in [1.807, 2.05) is 26.0 Å². The molecule has 0 aliphatic carbocycles. The minimum atomic E-state index is -0.0563. The Morgan fingerprint density at radius 3 is 2.29 bits per heavy atom. The Kier molecular flexibility index (Phi) is 4.58. The molecule has 0 atom stereocenters. The summed E-state index contributed by atoms with van der Waals surface area (Å²) in [5.41, 5.74) is 4.37. The number of hydrogen-bond donors (Lipinski definition) is 2. The lowest BCUT2D eigenvalue weighted by Gasteiger charge is -2.13. The molecule has 21 heavy (non-hydrogen) atoms. The molecule has 1 heterocycles. The summed E-state index contributed by atoms with van der Waals surface area (Å²) in [7, 11) is 0. The van der Waals surface area contributed by atoms with Gasteiger partial charge in [-0.3, -0.25) is 4.79 Å². The summed E-state index contributed by atoms with van der Waals surface area (Å²) < 4.78 is 0. The molecule has 2 aromatic rings. The average Bonchev–Trinajstić information content (AvgIpc) is 2.44. The van der Waals surface area contributed by atoms with E-state index in [9.17, 15) is 4.79 Å². The van der Waals surface area contributed by atoms with Crippen LogP contribution in [0.15, 0.2) is 36.5 Å². The van der Waals surface area contributed by atoms with Gasteiger partial charge in [0, 0.05) is 11.6 Å². The van der Waals surface area contributed by atoms with Crippen LogP contribution in [0.5, 0.6) is 0 Å². The second-order valence-electron chi connectivity index (χ2n) is 5.47. The molecule has 0 aliphatic heterocycles. The van der Waals surface area contributed by atoms with Crippen LogP contribution < -0.4 is 10.6 Å². The van der Waals surface area contributed by atoms with Gasteiger partial charge >= 0.3 is 0 Å². The molecule has 1 aromatic carbocycles. The van der Waals surface area contributed by atoms with Crippen molar-refractivity contribution in [2.45, 2.75) is 27.7 Å². The zero-order chi connectivity index (χ0) is 15.4. The maximum atomic E-state index is 11.6. The number of carbonyl (C=O) groups excluding carboxylic acids is 1. The topological polar surface area (TPSA) is 54.0 Å². The van der Waals surface area contributed by atoms with Gasteiger partial charge in [0.15, 0.2) is 0 Å². The van der Waals surface area contributed by atoms with Crippen LogP contribution in [0.1, 0.15) is 25.0 Å². The summed E-state index contributed by atoms with van der Waals surface area (Å²) in [5.74, 6) is 0.484. The molecule has 0 radical (unpaired) electrons. The largest absolute Gasteiger partial charge is 0.354 e. The molecule has 0 bridgehead atoms. The maximum Gasteiger partial charge on any atom is 0.228 e. The van der Waals surface area contributed by atoms with E-state index in [-0.39, 0.29) is 11.8 Å². The molecule has 2 rings (SSSR count). The number of amides is 1. The number of aromatic nitrogens is 1. The highest BCUT2D eigenvalue weighted by molar-refractivity contribution is 5.91. The van der Waals surface area contributed by atoms with Crippen molar-refractivity contribution in [3.8, 4) is 0 Å². The fraction of sp³-hybridized carbons (Fsp3) is 0.294. The predicted octanol–water partition coefficient (Wildman–Crippen LogP) is 4.04. The number of aryl methyl sites for hydroxylation is 2. The first-order chi connectivity index (χ1) is 9.97. The molecule has 0 spiro atoms. The third-order valence-corrected chi connectivity index (χ3v) is 3.29. The van der Waals surface area contributed by atoms with Crippen molar-refractivity contribution < 1.29 is 4.79 Å². The fourth-order valence-electron chi connectivity index (χ4n) is 1.97. The van der Waals surface area contributed by atoms with Crippen molar-refractivity contribution >= 4 is 23.1 Å². The average molecular weight is 283 g/mol. The van der Waals surface area contributed by atoms with Gasteiger partial charge in [0.2, 0.25) is 5.91 Å². The number of benzene rings is 1. The highest BCUT2D eigenvalue weighted by atomic mass is 16.1. The number of nitrogens with zero attached hydrogens (tertiary/aromatic N) is 1. The van der Waals surface area contributed by atoms with Gasteiger partial charge in [0.1, 0.15) is 5.82 Å². The first-order valence-corrected chi connectivity index (χ1v) is 7.07. The second kappa shape index (κ2) is 6.39. The Morgan fingerprint density at radius 2 is 1.76 bits per heavy atom. The van der Waals surface area contributed by atoms with Gasteiger partial charge in [-0.15, -0.1) is 0 Å². The standard InChI is InChI=1S/C17H21N3O/c1-11(2)17(21)20-15-9-8-14(10-18-15)19-16-12(3)6-5-7-13(16)4/h5-11,19H,1-4H3,(H,18,20,21). The van der Waals surface area contributed by atoms with Crippen LogP contribution in [-0.2, 0) is 4.79 Å². The van der Waals surface area contributed by atoms with Crippen LogP contribution in [0.4, 0.5) is 17.2 Å². The van der Waals surface area contributed by atoms with E-state index in [0.29, 0.717) is 5.82 Å². The number of rotatable bonds is 4. The molecule has 2 N–H and O–H groups in total. The summed E-state index contributed by atoms with van der Waals surface area (Å²) in [6, 6.07) is 9.89. The Balaban J connectivity index is 2.11. The summed E-state index contributed by atoms with van der Waals surface area (Å²) in [5, 5.41) is 6.15. The third-order valence-electron chi connectivity index (χ3n) is 3.29. The van der Waals surface area contributed by atoms with Crippen molar-refractivity contribution in [1.82, 2.24) is 4.98 Å². The second-order valence-corrected chi connectivity index (χ2v) is 5.47. The number of carbonyl (C=O) groups is 1. The Bertz CT molecular complexity index is 613. The summed E-state index contributed by atoms with van der Waals surface area (Å²) in [6.07, 6.45) is 1.72. The van der Waals surface area contributed by atoms with E-state index in [1.165, 1.54) is 11.1 Å². The summed E-state index contributed by atoms with van der Waals surface area (Å²) in [6.45, 7) is 7.85. The number of pyridine rings is 1. The molecule has 4 nitrogen and oxygen atoms in total. The molecule has 0 aliphatic rings. The molecule has 0 unspecified atom stereocenters. The van der Waals surface area contributed by atoms with Crippen LogP contribution in [0.2, 0.25) is 0 Å². The van der Waals surface area contributed by atoms with Crippen LogP contribution >= 0.6 is 0 Å². The van der Waals surface area contributed by atoms with Gasteiger partial charge in [0.25, 0.3) is 0 Å². The van der Waals surface area contributed by atoms with Crippen LogP contribution in [0, 0.1) is 19.8 Å². The number of hydrogen-bond acceptors (Lipinski definition) is 3. The Labute approximate surface area is 125 Å². The van der Waals surface area contributed by atoms with Gasteiger partial charge in [-0.05, 0) is 37.1 Å². The van der Waals surface area contributed by atoms with Crippen LogP contribution in [0.3, 0.4) is 0 Å². The molecule has 0 saturated carbocycles. The lowest BCUT2D eigenvalue weighted by Crippen LogP contribution is -2.18. The maximum absolute atomic E-state index is 11.6. The monoisotopic (exact) mass is 283 g/mol. The number of anilines is 3. The van der Waals surface area contributed by atoms with E-state index in [2.05, 4.69) is 41.6 Å². The highest BCUT2D eigenvalue weighted by Gasteiger charge is 2.08. The SMILES string of the molecule is Cc1cccc(C)c1Nc1ccc(NC(=O)C(C)C)nc1. The molecular weight excluding hydrogens is 262 g/mol. The minimum absolute atomic E-state index is 0.0297. The number of nitrogens with one attached hydrogen (secondary N) is 2. The molecule has 1 aromatic heterocycles. The first kappa shape index (κ1) is 15.0. The van der Waals surface area contributed by atoms with Crippen molar-refractivity contribution in [2.24, 2.45) is 5.92 Å². The molecule has 0 saturated heterocycles. The number of para-hydroxylation sites is 1. The van der Waals surface area contributed by atoms with Crippen LogP contribution in [0.25, 0.3) is 0 Å². The van der Waals surface area contributed by atoms with Gasteiger partial charge in [-0.2, -0.15) is 0 Å². The molecule has 4 heteroatoms. The quantitative estimate of drug-likeness (QED) is 0.890. The lowest BCUT2D eigenvalue weighted by atomic mass is 10.1. The van der Waals surface area contributed by atoms with Crippen molar-refractivity contribution in [2.75, 3.05) is 10.6 Å². The van der Waals surface area contributed by atoms with Gasteiger partial charge in [-0.1, -0.05) is 32.0 Å². The van der Waals surface area contributed by atoms with Crippen molar-refractivity contribution in [1.29, 1.82) is 0 Å². The van der Waals surface area contributed by atoms with Crippen LogP contribution in [-0.4, -0.2) is 10.9 Å². The van der Waals surface area contributed by atoms with E-state index in [1.54, 1.807) is 12.3 Å². The van der Waals surface area contributed by atoms with Crippen molar-refractivity contribution in [3.63, 3.8) is 0 Å². The van der Waals surface area contributed by atoms with E-state index in [0.717, 1.165) is 11.4 Å². The van der Waals surface area contributed by atoms with E-state index in [4.69, 9.17) is 0 Å². The first-order valence-electron chi connectivity index (χ1n) is 7.07. The summed E-state index contributed by atoms with van der Waals surface area (Å²) >= 11 is 0. The van der Waals surface area contributed by atoms with Gasteiger partial charge < -0.3 is 10.6 Å². The normalized spacial score (nSPS) is 10.5. The zero-order valence-corrected chi connectivity index (χ0v) is 12.9.